The summed E-state index contributed by atoms with van der Waals surface area (Å²) in [6, 6.07) is -1.36. The van der Waals surface area contributed by atoms with Gasteiger partial charge in [-0.1, -0.05) is 6.42 Å². The van der Waals surface area contributed by atoms with Gasteiger partial charge in [-0.2, -0.15) is 0 Å². The summed E-state index contributed by atoms with van der Waals surface area (Å²) in [7, 11) is 0. The molecule has 7 nitrogen and oxygen atoms in total. The minimum atomic E-state index is -1.12. The molecule has 2 fully saturated rings. The molecular weight excluding hydrogens is 276 g/mol. The van der Waals surface area contributed by atoms with Crippen molar-refractivity contribution in [3.63, 3.8) is 0 Å². The molecular formula is C14H22N2O5. The molecule has 1 saturated heterocycles. The fourth-order valence-electron chi connectivity index (χ4n) is 3.36. The second-order valence-corrected chi connectivity index (χ2v) is 5.98. The summed E-state index contributed by atoms with van der Waals surface area (Å²) in [5, 5.41) is 20.2. The minimum absolute atomic E-state index is 0.0898. The molecule has 0 spiro atoms. The van der Waals surface area contributed by atoms with Crippen LogP contribution in [0.3, 0.4) is 0 Å². The number of carboxylic acid groups (broad SMARTS) is 2. The van der Waals surface area contributed by atoms with Gasteiger partial charge in [0.05, 0.1) is 0 Å². The summed E-state index contributed by atoms with van der Waals surface area (Å²) in [5.41, 5.74) is 0. The topological polar surface area (TPSA) is 107 Å². The lowest BCUT2D eigenvalue weighted by Gasteiger charge is -2.21. The number of fused-ring (bicyclic) bond motifs is 1. The van der Waals surface area contributed by atoms with E-state index in [1.165, 1.54) is 6.42 Å². The maximum Gasteiger partial charge on any atom is 0.326 e. The Morgan fingerprint density at radius 1 is 1.14 bits per heavy atom. The zero-order valence-corrected chi connectivity index (χ0v) is 12.0. The number of amides is 2. The summed E-state index contributed by atoms with van der Waals surface area (Å²) >= 11 is 0. The largest absolute Gasteiger partial charge is 0.481 e. The standard InChI is InChI=1S/C14H22N2O5/c17-12(18)6-2-5-11(13(19)20)15-14(21)16-7-9-3-1-4-10(9)8-16/h9-11H,1-8H2,(H,15,21)(H,17,18)(H,19,20)/t9?,10?,11-/m1/s1. The van der Waals surface area contributed by atoms with E-state index in [1.807, 2.05) is 0 Å². The van der Waals surface area contributed by atoms with Crippen molar-refractivity contribution in [1.82, 2.24) is 10.2 Å². The Balaban J connectivity index is 1.81. The molecule has 2 rings (SSSR count). The fraction of sp³-hybridized carbons (Fsp3) is 0.786. The lowest BCUT2D eigenvalue weighted by molar-refractivity contribution is -0.140. The highest BCUT2D eigenvalue weighted by atomic mass is 16.4. The Morgan fingerprint density at radius 3 is 2.29 bits per heavy atom. The number of likely N-dealkylation sites (tertiary alicyclic amines) is 1. The van der Waals surface area contributed by atoms with Crippen LogP contribution < -0.4 is 5.32 Å². The molecule has 0 aromatic heterocycles. The lowest BCUT2D eigenvalue weighted by Crippen LogP contribution is -2.47. The first-order valence-corrected chi connectivity index (χ1v) is 7.47. The average molecular weight is 298 g/mol. The van der Waals surface area contributed by atoms with E-state index in [0.29, 0.717) is 24.9 Å². The molecule has 0 aromatic carbocycles. The predicted octanol–water partition coefficient (Wildman–Crippen LogP) is 1.14. The van der Waals surface area contributed by atoms with Crippen LogP contribution in [0.2, 0.25) is 0 Å². The van der Waals surface area contributed by atoms with E-state index >= 15 is 0 Å². The van der Waals surface area contributed by atoms with Crippen molar-refractivity contribution >= 4 is 18.0 Å². The molecule has 2 unspecified atom stereocenters. The predicted molar refractivity (Wildman–Crippen MR) is 73.8 cm³/mol. The van der Waals surface area contributed by atoms with Crippen LogP contribution in [0.1, 0.15) is 38.5 Å². The van der Waals surface area contributed by atoms with Crippen LogP contribution in [-0.2, 0) is 9.59 Å². The van der Waals surface area contributed by atoms with Gasteiger partial charge in [0.25, 0.3) is 0 Å². The molecule has 118 valence electrons. The molecule has 1 aliphatic heterocycles. The molecule has 0 aromatic rings. The number of nitrogens with zero attached hydrogens (tertiary/aromatic N) is 1. The zero-order valence-electron chi connectivity index (χ0n) is 12.0. The number of carboxylic acids is 2. The summed E-state index contributed by atoms with van der Waals surface area (Å²) in [4.78, 5) is 35.4. The van der Waals surface area contributed by atoms with Gasteiger partial charge in [-0.15, -0.1) is 0 Å². The number of hydrogen-bond acceptors (Lipinski definition) is 3. The first-order chi connectivity index (χ1) is 9.97. The van der Waals surface area contributed by atoms with E-state index in [9.17, 15) is 14.4 Å². The van der Waals surface area contributed by atoms with Crippen molar-refractivity contribution in [3.05, 3.63) is 0 Å². The van der Waals surface area contributed by atoms with Crippen LogP contribution >= 0.6 is 0 Å². The fourth-order valence-corrected chi connectivity index (χ4v) is 3.36. The molecule has 21 heavy (non-hydrogen) atoms. The number of nitrogens with one attached hydrogen (secondary N) is 1. The highest BCUT2D eigenvalue weighted by Gasteiger charge is 2.38. The van der Waals surface area contributed by atoms with Crippen LogP contribution in [0.15, 0.2) is 0 Å². The lowest BCUT2D eigenvalue weighted by atomic mass is 10.0. The molecule has 3 atom stereocenters. The Labute approximate surface area is 123 Å². The van der Waals surface area contributed by atoms with Crippen molar-refractivity contribution in [2.75, 3.05) is 13.1 Å². The van der Waals surface area contributed by atoms with Gasteiger partial charge in [-0.3, -0.25) is 4.79 Å². The quantitative estimate of drug-likeness (QED) is 0.681. The molecule has 3 N–H and O–H groups in total. The average Bonchev–Trinajstić information content (AvgIpc) is 2.97. The second-order valence-electron chi connectivity index (χ2n) is 5.98. The van der Waals surface area contributed by atoms with Gasteiger partial charge in [0, 0.05) is 19.5 Å². The van der Waals surface area contributed by atoms with E-state index < -0.39 is 18.0 Å². The van der Waals surface area contributed by atoms with E-state index in [2.05, 4.69) is 5.32 Å². The van der Waals surface area contributed by atoms with Gasteiger partial charge < -0.3 is 20.4 Å². The van der Waals surface area contributed by atoms with Gasteiger partial charge in [0.1, 0.15) is 6.04 Å². The van der Waals surface area contributed by atoms with Crippen molar-refractivity contribution in [3.8, 4) is 0 Å². The highest BCUT2D eigenvalue weighted by molar-refractivity contribution is 5.82. The number of carbonyl (C=O) groups excluding carboxylic acids is 1. The van der Waals surface area contributed by atoms with E-state index in [4.69, 9.17) is 10.2 Å². The van der Waals surface area contributed by atoms with Crippen LogP contribution in [0, 0.1) is 11.8 Å². The number of rotatable bonds is 6. The van der Waals surface area contributed by atoms with Gasteiger partial charge in [-0.25, -0.2) is 9.59 Å². The minimum Gasteiger partial charge on any atom is -0.481 e. The molecule has 0 bridgehead atoms. The third kappa shape index (κ3) is 4.09. The molecule has 1 heterocycles. The maximum absolute atomic E-state index is 12.1. The number of aliphatic carboxylic acids is 2. The van der Waals surface area contributed by atoms with E-state index in [-0.39, 0.29) is 25.3 Å². The Hall–Kier alpha value is -1.79. The van der Waals surface area contributed by atoms with Gasteiger partial charge in [0.2, 0.25) is 0 Å². The van der Waals surface area contributed by atoms with Gasteiger partial charge in [-0.05, 0) is 37.5 Å². The maximum atomic E-state index is 12.1. The van der Waals surface area contributed by atoms with E-state index in [0.717, 1.165) is 12.8 Å². The Morgan fingerprint density at radius 2 is 1.76 bits per heavy atom. The van der Waals surface area contributed by atoms with Crippen LogP contribution in [-0.4, -0.2) is 52.2 Å². The molecule has 1 aliphatic carbocycles. The Bertz CT molecular complexity index is 414. The molecule has 2 aliphatic rings. The SMILES string of the molecule is O=C(O)CCC[C@@H](NC(=O)N1CC2CCCC2C1)C(=O)O. The summed E-state index contributed by atoms with van der Waals surface area (Å²) < 4.78 is 0. The first-order valence-electron chi connectivity index (χ1n) is 7.47. The smallest absolute Gasteiger partial charge is 0.326 e. The molecule has 2 amide bonds. The zero-order chi connectivity index (χ0) is 15.4. The number of urea groups is 1. The highest BCUT2D eigenvalue weighted by Crippen LogP contribution is 2.37. The summed E-state index contributed by atoms with van der Waals surface area (Å²) in [6.07, 6.45) is 3.79. The van der Waals surface area contributed by atoms with E-state index in [1.54, 1.807) is 4.90 Å². The van der Waals surface area contributed by atoms with Crippen molar-refractivity contribution < 1.29 is 24.6 Å². The van der Waals surface area contributed by atoms with Crippen molar-refractivity contribution in [1.29, 1.82) is 0 Å². The molecule has 1 saturated carbocycles. The van der Waals surface area contributed by atoms with Crippen LogP contribution in [0.4, 0.5) is 4.79 Å². The number of hydrogen-bond donors (Lipinski definition) is 3. The summed E-state index contributed by atoms with van der Waals surface area (Å²) in [5.74, 6) is -0.956. The third-order valence-corrected chi connectivity index (χ3v) is 4.49. The van der Waals surface area contributed by atoms with Crippen LogP contribution in [0.25, 0.3) is 0 Å². The van der Waals surface area contributed by atoms with Gasteiger partial charge >= 0.3 is 18.0 Å². The molecule has 7 heteroatoms. The monoisotopic (exact) mass is 298 g/mol. The first kappa shape index (κ1) is 15.6. The second kappa shape index (κ2) is 6.78. The third-order valence-electron chi connectivity index (χ3n) is 4.49. The Kier molecular flexibility index (Phi) is 5.03. The van der Waals surface area contributed by atoms with Crippen molar-refractivity contribution in [2.45, 2.75) is 44.6 Å². The van der Waals surface area contributed by atoms with Crippen molar-refractivity contribution in [2.24, 2.45) is 11.8 Å². The number of carbonyl (C=O) groups is 3. The van der Waals surface area contributed by atoms with Crippen LogP contribution in [0.5, 0.6) is 0 Å². The van der Waals surface area contributed by atoms with Gasteiger partial charge in [0.15, 0.2) is 0 Å². The normalized spacial score (nSPS) is 25.4. The summed E-state index contributed by atoms with van der Waals surface area (Å²) in [6.45, 7) is 1.41. The molecule has 0 radical (unpaired) electrons.